The predicted molar refractivity (Wildman–Crippen MR) is 53.6 cm³/mol. The molecule has 0 aliphatic carbocycles. The van der Waals surface area contributed by atoms with Crippen LogP contribution in [0.3, 0.4) is 0 Å². The van der Waals surface area contributed by atoms with Crippen LogP contribution in [-0.2, 0) is 0 Å². The summed E-state index contributed by atoms with van der Waals surface area (Å²) in [6, 6.07) is 1.90. The molecule has 0 aliphatic heterocycles. The summed E-state index contributed by atoms with van der Waals surface area (Å²) in [6.45, 7) is 2.50. The molecule has 0 unspecified atom stereocenters. The van der Waals surface area contributed by atoms with E-state index in [2.05, 4.69) is 9.97 Å². The maximum absolute atomic E-state index is 5.72. The molecule has 0 bridgehead atoms. The fourth-order valence-corrected chi connectivity index (χ4v) is 1.98. The third kappa shape index (κ3) is 1.59. The zero-order valence-corrected chi connectivity index (χ0v) is 8.52. The lowest BCUT2D eigenvalue weighted by Gasteiger charge is -2.02. The summed E-state index contributed by atoms with van der Waals surface area (Å²) in [5.41, 5.74) is 0.841. The van der Waals surface area contributed by atoms with Gasteiger partial charge in [0.25, 0.3) is 0 Å². The maximum Gasteiger partial charge on any atom is 0.236 e. The Bertz CT molecular complexity index is 429. The average Bonchev–Trinajstić information content (AvgIpc) is 2.52. The molecular weight excluding hydrogens is 208 g/mol. The van der Waals surface area contributed by atoms with Gasteiger partial charge in [0.15, 0.2) is 0 Å². The van der Waals surface area contributed by atoms with Crippen molar-refractivity contribution >= 4 is 33.2 Å². The molecule has 2 rings (SSSR count). The smallest absolute Gasteiger partial charge is 0.236 e. The largest absolute Gasteiger partial charge is 0.477 e. The molecule has 0 amide bonds. The first-order valence-corrected chi connectivity index (χ1v) is 5.10. The number of fused-ring (bicyclic) bond motifs is 1. The van der Waals surface area contributed by atoms with Gasteiger partial charge < -0.3 is 4.74 Å². The summed E-state index contributed by atoms with van der Waals surface area (Å²) >= 11 is 7.27. The van der Waals surface area contributed by atoms with Crippen molar-refractivity contribution in [1.82, 2.24) is 9.97 Å². The minimum Gasteiger partial charge on any atom is -0.477 e. The second-order valence-corrected chi connectivity index (χ2v) is 3.62. The third-order valence-corrected chi connectivity index (χ3v) is 2.59. The van der Waals surface area contributed by atoms with E-state index in [-0.39, 0.29) is 5.28 Å². The van der Waals surface area contributed by atoms with Gasteiger partial charge in [-0.05, 0) is 30.0 Å². The highest BCUT2D eigenvalue weighted by molar-refractivity contribution is 7.17. The van der Waals surface area contributed by atoms with E-state index in [9.17, 15) is 0 Å². The van der Waals surface area contributed by atoms with Crippen LogP contribution in [0, 0.1) is 0 Å². The van der Waals surface area contributed by atoms with E-state index >= 15 is 0 Å². The third-order valence-electron chi connectivity index (χ3n) is 1.53. The van der Waals surface area contributed by atoms with Crippen molar-refractivity contribution in [2.24, 2.45) is 0 Å². The Morgan fingerprint density at radius 3 is 3.15 bits per heavy atom. The van der Waals surface area contributed by atoms with E-state index in [1.807, 2.05) is 18.4 Å². The van der Waals surface area contributed by atoms with E-state index in [1.165, 1.54) is 0 Å². The topological polar surface area (TPSA) is 35.0 Å². The van der Waals surface area contributed by atoms with Crippen LogP contribution in [0.4, 0.5) is 0 Å². The van der Waals surface area contributed by atoms with Crippen LogP contribution in [0.2, 0.25) is 5.28 Å². The van der Waals surface area contributed by atoms with E-state index in [1.54, 1.807) is 11.3 Å². The molecule has 5 heteroatoms. The summed E-state index contributed by atoms with van der Waals surface area (Å²) < 4.78 is 6.28. The van der Waals surface area contributed by atoms with Gasteiger partial charge in [-0.3, -0.25) is 0 Å². The van der Waals surface area contributed by atoms with Crippen molar-refractivity contribution in [2.45, 2.75) is 6.92 Å². The number of hydrogen-bond acceptors (Lipinski definition) is 4. The molecule has 0 fully saturated rings. The van der Waals surface area contributed by atoms with E-state index in [0.717, 1.165) is 10.2 Å². The minimum absolute atomic E-state index is 0.231. The molecule has 2 aromatic heterocycles. The van der Waals surface area contributed by atoms with Gasteiger partial charge in [-0.1, -0.05) is 0 Å². The number of nitrogens with zero attached hydrogens (tertiary/aromatic N) is 2. The Hall–Kier alpha value is -0.870. The monoisotopic (exact) mass is 214 g/mol. The molecule has 0 saturated heterocycles. The maximum atomic E-state index is 5.72. The molecule has 0 aromatic carbocycles. The van der Waals surface area contributed by atoms with E-state index in [4.69, 9.17) is 16.3 Å². The second-order valence-electron chi connectivity index (χ2n) is 2.37. The Balaban J connectivity index is 2.63. The molecule has 0 atom stereocenters. The number of halogens is 1. The van der Waals surface area contributed by atoms with Crippen molar-refractivity contribution in [3.8, 4) is 5.88 Å². The summed E-state index contributed by atoms with van der Waals surface area (Å²) in [6.07, 6.45) is 0. The fraction of sp³-hybridized carbons (Fsp3) is 0.250. The van der Waals surface area contributed by atoms with E-state index < -0.39 is 0 Å². The van der Waals surface area contributed by atoms with Crippen molar-refractivity contribution in [1.29, 1.82) is 0 Å². The minimum atomic E-state index is 0.231. The Kier molecular flexibility index (Phi) is 2.33. The first kappa shape index (κ1) is 8.72. The van der Waals surface area contributed by atoms with Crippen LogP contribution in [-0.4, -0.2) is 16.6 Å². The zero-order chi connectivity index (χ0) is 9.26. The summed E-state index contributed by atoms with van der Waals surface area (Å²) in [7, 11) is 0. The van der Waals surface area contributed by atoms with Gasteiger partial charge in [0, 0.05) is 0 Å². The normalized spacial score (nSPS) is 10.6. The van der Waals surface area contributed by atoms with Crippen LogP contribution >= 0.6 is 22.9 Å². The molecule has 13 heavy (non-hydrogen) atoms. The van der Waals surface area contributed by atoms with Gasteiger partial charge >= 0.3 is 0 Å². The Morgan fingerprint density at radius 1 is 1.54 bits per heavy atom. The average molecular weight is 215 g/mol. The quantitative estimate of drug-likeness (QED) is 0.721. The summed E-state index contributed by atoms with van der Waals surface area (Å²) in [5.74, 6) is 0.576. The van der Waals surface area contributed by atoms with Crippen LogP contribution in [0.1, 0.15) is 6.92 Å². The van der Waals surface area contributed by atoms with Crippen molar-refractivity contribution < 1.29 is 4.74 Å². The number of aromatic nitrogens is 2. The number of hydrogen-bond donors (Lipinski definition) is 0. The summed E-state index contributed by atoms with van der Waals surface area (Å²) in [4.78, 5) is 8.07. The molecule has 0 radical (unpaired) electrons. The van der Waals surface area contributed by atoms with Crippen LogP contribution in [0.15, 0.2) is 11.4 Å². The van der Waals surface area contributed by atoms with Gasteiger partial charge in [-0.15, -0.1) is 11.3 Å². The lowest BCUT2D eigenvalue weighted by Crippen LogP contribution is -1.95. The summed E-state index contributed by atoms with van der Waals surface area (Å²) in [5, 5.41) is 2.17. The van der Waals surface area contributed by atoms with Crippen molar-refractivity contribution in [3.63, 3.8) is 0 Å². The van der Waals surface area contributed by atoms with Crippen LogP contribution < -0.4 is 4.74 Å². The number of thiophene rings is 1. The highest BCUT2D eigenvalue weighted by atomic mass is 35.5. The molecule has 2 heterocycles. The van der Waals surface area contributed by atoms with Gasteiger partial charge in [0.2, 0.25) is 11.2 Å². The second kappa shape index (κ2) is 3.47. The predicted octanol–water partition coefficient (Wildman–Crippen LogP) is 2.74. The standard InChI is InChI=1S/C8H7ClN2OS/c1-2-12-7-6-5(3-4-13-6)10-8(9)11-7/h3-4H,2H2,1H3. The Morgan fingerprint density at radius 2 is 2.38 bits per heavy atom. The van der Waals surface area contributed by atoms with Crippen molar-refractivity contribution in [3.05, 3.63) is 16.7 Å². The Labute approximate surface area is 84.3 Å². The molecule has 3 nitrogen and oxygen atoms in total. The number of rotatable bonds is 2. The molecule has 2 aromatic rings. The molecule has 68 valence electrons. The molecular formula is C8H7ClN2OS. The highest BCUT2D eigenvalue weighted by Gasteiger charge is 2.07. The molecule has 0 spiro atoms. The molecule has 0 N–H and O–H groups in total. The highest BCUT2D eigenvalue weighted by Crippen LogP contribution is 2.28. The van der Waals surface area contributed by atoms with Gasteiger partial charge in [0.1, 0.15) is 4.70 Å². The lowest BCUT2D eigenvalue weighted by molar-refractivity contribution is 0.331. The zero-order valence-electron chi connectivity index (χ0n) is 6.95. The lowest BCUT2D eigenvalue weighted by atomic mass is 10.5. The fourth-order valence-electron chi connectivity index (χ4n) is 1.04. The van der Waals surface area contributed by atoms with Gasteiger partial charge in [-0.2, -0.15) is 4.98 Å². The number of ether oxygens (including phenoxy) is 1. The van der Waals surface area contributed by atoms with Gasteiger partial charge in [-0.25, -0.2) is 4.98 Å². The molecule has 0 aliphatic rings. The van der Waals surface area contributed by atoms with Crippen LogP contribution in [0.5, 0.6) is 5.88 Å². The van der Waals surface area contributed by atoms with E-state index in [0.29, 0.717) is 12.5 Å². The first-order chi connectivity index (χ1) is 6.31. The first-order valence-electron chi connectivity index (χ1n) is 3.85. The molecule has 0 saturated carbocycles. The van der Waals surface area contributed by atoms with Crippen molar-refractivity contribution in [2.75, 3.05) is 6.61 Å². The van der Waals surface area contributed by atoms with Gasteiger partial charge in [0.05, 0.1) is 12.1 Å². The SMILES string of the molecule is CCOc1nc(Cl)nc2ccsc12. The van der Waals surface area contributed by atoms with Crippen LogP contribution in [0.25, 0.3) is 10.2 Å².